The van der Waals surface area contributed by atoms with Crippen LogP contribution in [0.15, 0.2) is 12.1 Å². The van der Waals surface area contributed by atoms with Crippen molar-refractivity contribution >= 4 is 11.6 Å². The molecular weight excluding hydrogens is 182 g/mol. The van der Waals surface area contributed by atoms with Gasteiger partial charge in [-0.1, -0.05) is 17.7 Å². The van der Waals surface area contributed by atoms with Gasteiger partial charge in [0.05, 0.1) is 12.0 Å². The van der Waals surface area contributed by atoms with Gasteiger partial charge in [-0.15, -0.1) is 0 Å². The standard InChI is InChI=1S/C11H12ClN/c1-7-5-11(12)8(2)4-10(7)9(3)6-13/h4-5,9H,1-3H3. The summed E-state index contributed by atoms with van der Waals surface area (Å²) in [6, 6.07) is 6.13. The van der Waals surface area contributed by atoms with Crippen LogP contribution in [0.5, 0.6) is 0 Å². The molecule has 0 spiro atoms. The molecule has 0 N–H and O–H groups in total. The van der Waals surface area contributed by atoms with Gasteiger partial charge >= 0.3 is 0 Å². The Morgan fingerprint density at radius 2 is 1.92 bits per heavy atom. The fourth-order valence-corrected chi connectivity index (χ4v) is 1.56. The fourth-order valence-electron chi connectivity index (χ4n) is 1.34. The lowest BCUT2D eigenvalue weighted by atomic mass is 9.96. The van der Waals surface area contributed by atoms with E-state index in [1.807, 2.05) is 32.9 Å². The number of hydrogen-bond acceptors (Lipinski definition) is 1. The van der Waals surface area contributed by atoms with E-state index in [1.165, 1.54) is 0 Å². The summed E-state index contributed by atoms with van der Waals surface area (Å²) >= 11 is 5.95. The third-order valence-corrected chi connectivity index (χ3v) is 2.61. The average Bonchev–Trinajstić information content (AvgIpc) is 2.10. The van der Waals surface area contributed by atoms with Crippen molar-refractivity contribution in [2.75, 3.05) is 0 Å². The maximum Gasteiger partial charge on any atom is 0.0701 e. The van der Waals surface area contributed by atoms with E-state index < -0.39 is 0 Å². The van der Waals surface area contributed by atoms with Crippen LogP contribution in [0.1, 0.15) is 29.5 Å². The maximum absolute atomic E-state index is 8.79. The predicted octanol–water partition coefficient (Wildman–Crippen LogP) is 3.58. The molecule has 1 rings (SSSR count). The second-order valence-electron chi connectivity index (χ2n) is 3.31. The first-order valence-corrected chi connectivity index (χ1v) is 4.60. The Hall–Kier alpha value is -1.000. The van der Waals surface area contributed by atoms with Gasteiger partial charge in [0.1, 0.15) is 0 Å². The van der Waals surface area contributed by atoms with E-state index in [9.17, 15) is 0 Å². The van der Waals surface area contributed by atoms with Crippen LogP contribution in [0.25, 0.3) is 0 Å². The second-order valence-corrected chi connectivity index (χ2v) is 3.72. The summed E-state index contributed by atoms with van der Waals surface area (Å²) in [5, 5.41) is 9.56. The molecule has 1 aromatic carbocycles. The quantitative estimate of drug-likeness (QED) is 0.669. The molecule has 0 bridgehead atoms. The van der Waals surface area contributed by atoms with Gasteiger partial charge in [-0.05, 0) is 43.5 Å². The molecule has 0 aromatic heterocycles. The molecule has 0 heterocycles. The summed E-state index contributed by atoms with van der Waals surface area (Å²) in [6.45, 7) is 5.83. The van der Waals surface area contributed by atoms with Gasteiger partial charge in [0.15, 0.2) is 0 Å². The van der Waals surface area contributed by atoms with E-state index in [0.717, 1.165) is 21.7 Å². The Bertz CT molecular complexity index is 363. The van der Waals surface area contributed by atoms with Gasteiger partial charge in [-0.2, -0.15) is 5.26 Å². The Morgan fingerprint density at radius 1 is 1.31 bits per heavy atom. The highest BCUT2D eigenvalue weighted by molar-refractivity contribution is 6.31. The van der Waals surface area contributed by atoms with Crippen LogP contribution in [0.4, 0.5) is 0 Å². The lowest BCUT2D eigenvalue weighted by molar-refractivity contribution is 0.963. The SMILES string of the molecule is Cc1cc(C(C)C#N)c(C)cc1Cl. The first-order valence-electron chi connectivity index (χ1n) is 4.22. The van der Waals surface area contributed by atoms with E-state index in [-0.39, 0.29) is 5.92 Å². The minimum Gasteiger partial charge on any atom is -0.198 e. The third-order valence-electron chi connectivity index (χ3n) is 2.21. The Balaban J connectivity index is 3.25. The van der Waals surface area contributed by atoms with Gasteiger partial charge in [-0.3, -0.25) is 0 Å². The minimum atomic E-state index is -0.0593. The van der Waals surface area contributed by atoms with Crippen LogP contribution in [0.3, 0.4) is 0 Å². The Kier molecular flexibility index (Phi) is 2.95. The summed E-state index contributed by atoms with van der Waals surface area (Å²) in [7, 11) is 0. The van der Waals surface area contributed by atoms with Crippen LogP contribution in [-0.2, 0) is 0 Å². The first-order chi connectivity index (χ1) is 6.06. The largest absolute Gasteiger partial charge is 0.198 e. The van der Waals surface area contributed by atoms with Crippen molar-refractivity contribution in [3.05, 3.63) is 33.8 Å². The topological polar surface area (TPSA) is 23.8 Å². The van der Waals surface area contributed by atoms with E-state index in [2.05, 4.69) is 6.07 Å². The lowest BCUT2D eigenvalue weighted by Gasteiger charge is -2.09. The van der Waals surface area contributed by atoms with Gasteiger partial charge in [0.25, 0.3) is 0 Å². The predicted molar refractivity (Wildman–Crippen MR) is 55.0 cm³/mol. The molecule has 0 amide bonds. The molecule has 0 radical (unpaired) electrons. The molecule has 1 atom stereocenters. The molecule has 0 saturated heterocycles. The van der Waals surface area contributed by atoms with E-state index in [4.69, 9.17) is 16.9 Å². The molecule has 1 nitrogen and oxygen atoms in total. The van der Waals surface area contributed by atoms with Crippen molar-refractivity contribution in [1.29, 1.82) is 5.26 Å². The summed E-state index contributed by atoms with van der Waals surface area (Å²) in [5.74, 6) is -0.0593. The smallest absolute Gasteiger partial charge is 0.0701 e. The molecule has 13 heavy (non-hydrogen) atoms. The molecular formula is C11H12ClN. The van der Waals surface area contributed by atoms with Crippen LogP contribution in [0.2, 0.25) is 5.02 Å². The van der Waals surface area contributed by atoms with Crippen molar-refractivity contribution in [2.45, 2.75) is 26.7 Å². The zero-order chi connectivity index (χ0) is 10.0. The van der Waals surface area contributed by atoms with Gasteiger partial charge < -0.3 is 0 Å². The van der Waals surface area contributed by atoms with Crippen molar-refractivity contribution in [2.24, 2.45) is 0 Å². The van der Waals surface area contributed by atoms with Crippen molar-refractivity contribution < 1.29 is 0 Å². The maximum atomic E-state index is 8.79. The molecule has 0 aliphatic rings. The molecule has 1 unspecified atom stereocenters. The van der Waals surface area contributed by atoms with Crippen LogP contribution < -0.4 is 0 Å². The molecule has 0 fully saturated rings. The third kappa shape index (κ3) is 2.02. The number of benzene rings is 1. The van der Waals surface area contributed by atoms with E-state index in [0.29, 0.717) is 0 Å². The molecule has 2 heteroatoms. The number of halogens is 1. The fraction of sp³-hybridized carbons (Fsp3) is 0.364. The van der Waals surface area contributed by atoms with E-state index >= 15 is 0 Å². The van der Waals surface area contributed by atoms with Crippen LogP contribution >= 0.6 is 11.6 Å². The monoisotopic (exact) mass is 193 g/mol. The van der Waals surface area contributed by atoms with Gasteiger partial charge in [0.2, 0.25) is 0 Å². The van der Waals surface area contributed by atoms with Crippen molar-refractivity contribution in [3.8, 4) is 6.07 Å². The molecule has 68 valence electrons. The molecule has 1 aromatic rings. The highest BCUT2D eigenvalue weighted by Crippen LogP contribution is 2.25. The number of hydrogen-bond donors (Lipinski definition) is 0. The molecule has 0 aliphatic heterocycles. The minimum absolute atomic E-state index is 0.0593. The number of aryl methyl sites for hydroxylation is 2. The van der Waals surface area contributed by atoms with Gasteiger partial charge in [0, 0.05) is 5.02 Å². The summed E-state index contributed by atoms with van der Waals surface area (Å²) in [5.41, 5.74) is 3.19. The normalized spacial score (nSPS) is 12.2. The number of rotatable bonds is 1. The molecule has 0 saturated carbocycles. The van der Waals surface area contributed by atoms with Crippen molar-refractivity contribution in [3.63, 3.8) is 0 Å². The zero-order valence-corrected chi connectivity index (χ0v) is 8.81. The van der Waals surface area contributed by atoms with Gasteiger partial charge in [-0.25, -0.2) is 0 Å². The number of nitrogens with zero attached hydrogens (tertiary/aromatic N) is 1. The first kappa shape index (κ1) is 10.1. The Labute approximate surface area is 84.0 Å². The van der Waals surface area contributed by atoms with Crippen molar-refractivity contribution in [1.82, 2.24) is 0 Å². The summed E-state index contributed by atoms with van der Waals surface area (Å²) < 4.78 is 0. The highest BCUT2D eigenvalue weighted by Gasteiger charge is 2.08. The molecule has 0 aliphatic carbocycles. The number of nitriles is 1. The summed E-state index contributed by atoms with van der Waals surface area (Å²) in [4.78, 5) is 0. The Morgan fingerprint density at radius 3 is 2.46 bits per heavy atom. The van der Waals surface area contributed by atoms with Crippen LogP contribution in [-0.4, -0.2) is 0 Å². The zero-order valence-electron chi connectivity index (χ0n) is 8.06. The summed E-state index contributed by atoms with van der Waals surface area (Å²) in [6.07, 6.45) is 0. The average molecular weight is 194 g/mol. The highest BCUT2D eigenvalue weighted by atomic mass is 35.5. The lowest BCUT2D eigenvalue weighted by Crippen LogP contribution is -1.94. The second kappa shape index (κ2) is 3.81. The van der Waals surface area contributed by atoms with Crippen LogP contribution in [0, 0.1) is 25.2 Å². The van der Waals surface area contributed by atoms with E-state index in [1.54, 1.807) is 0 Å².